The molecule has 0 bridgehead atoms. The van der Waals surface area contributed by atoms with Crippen LogP contribution in [-0.4, -0.2) is 44.7 Å². The number of carbonyl (C=O) groups excluding carboxylic acids is 1. The van der Waals surface area contributed by atoms with Crippen molar-refractivity contribution in [3.05, 3.63) is 42.1 Å². The van der Waals surface area contributed by atoms with Gasteiger partial charge in [0.05, 0.1) is 18.5 Å². The molecule has 32 heavy (non-hydrogen) atoms. The van der Waals surface area contributed by atoms with Crippen LogP contribution in [0.4, 0.5) is 10.5 Å². The summed E-state index contributed by atoms with van der Waals surface area (Å²) in [4.78, 5) is 30.4. The average molecular weight is 440 g/mol. The van der Waals surface area contributed by atoms with Gasteiger partial charge in [-0.25, -0.2) is 9.78 Å². The topological polar surface area (TPSA) is 101 Å². The lowest BCUT2D eigenvalue weighted by Crippen LogP contribution is -2.57. The van der Waals surface area contributed by atoms with Gasteiger partial charge in [0.2, 0.25) is 5.88 Å². The summed E-state index contributed by atoms with van der Waals surface area (Å²) in [6.45, 7) is 10.1. The van der Waals surface area contributed by atoms with E-state index >= 15 is 0 Å². The van der Waals surface area contributed by atoms with Gasteiger partial charge in [-0.15, -0.1) is 0 Å². The second kappa shape index (κ2) is 7.39. The van der Waals surface area contributed by atoms with E-state index in [-0.39, 0.29) is 11.3 Å². The van der Waals surface area contributed by atoms with Crippen molar-refractivity contribution in [2.45, 2.75) is 64.0 Å². The van der Waals surface area contributed by atoms with Crippen LogP contribution in [0.3, 0.4) is 0 Å². The lowest BCUT2D eigenvalue weighted by atomic mass is 9.86. The zero-order valence-electron chi connectivity index (χ0n) is 19.1. The zero-order chi connectivity index (χ0) is 23.3. The number of nitrogens with zero attached hydrogens (tertiary/aromatic N) is 2. The number of rotatable bonds is 5. The molecule has 0 atom stereocenters. The normalized spacial score (nSPS) is 17.7. The van der Waals surface area contributed by atoms with Gasteiger partial charge in [0.1, 0.15) is 17.0 Å². The molecule has 2 aliphatic rings. The van der Waals surface area contributed by atoms with E-state index in [0.29, 0.717) is 36.8 Å². The second-order valence-electron chi connectivity index (χ2n) is 10.1. The number of pyridine rings is 1. The third-order valence-corrected chi connectivity index (χ3v) is 5.90. The molecular weight excluding hydrogens is 410 g/mol. The van der Waals surface area contributed by atoms with Crippen LogP contribution in [0.1, 0.15) is 53.0 Å². The van der Waals surface area contributed by atoms with E-state index in [2.05, 4.69) is 24.1 Å². The first-order chi connectivity index (χ1) is 14.9. The minimum Gasteiger partial charge on any atom is -0.492 e. The highest BCUT2D eigenvalue weighted by Crippen LogP contribution is 2.47. The fourth-order valence-electron chi connectivity index (χ4n) is 4.37. The van der Waals surface area contributed by atoms with E-state index in [9.17, 15) is 14.7 Å². The Bertz CT molecular complexity index is 1050. The summed E-state index contributed by atoms with van der Waals surface area (Å²) in [5.74, 6) is 1.55. The molecule has 1 aliphatic carbocycles. The van der Waals surface area contributed by atoms with Crippen LogP contribution in [0.25, 0.3) is 0 Å². The zero-order valence-corrected chi connectivity index (χ0v) is 19.1. The summed E-state index contributed by atoms with van der Waals surface area (Å²) in [5.41, 5.74) is -0.416. The van der Waals surface area contributed by atoms with Gasteiger partial charge in [-0.05, 0) is 51.8 Å². The van der Waals surface area contributed by atoms with Crippen molar-refractivity contribution in [2.24, 2.45) is 0 Å². The van der Waals surface area contributed by atoms with Crippen LogP contribution in [0.5, 0.6) is 17.4 Å². The highest BCUT2D eigenvalue weighted by Gasteiger charge is 2.59. The maximum atomic E-state index is 13.0. The predicted octanol–water partition coefficient (Wildman–Crippen LogP) is 4.79. The van der Waals surface area contributed by atoms with E-state index in [0.717, 1.165) is 11.3 Å². The molecule has 0 spiro atoms. The van der Waals surface area contributed by atoms with Gasteiger partial charge in [0.25, 0.3) is 5.91 Å². The summed E-state index contributed by atoms with van der Waals surface area (Å²) in [6, 6.07) is 9.06. The third kappa shape index (κ3) is 3.85. The summed E-state index contributed by atoms with van der Waals surface area (Å²) in [6.07, 6.45) is 1.40. The van der Waals surface area contributed by atoms with Gasteiger partial charge in [0.15, 0.2) is 0 Å². The molecule has 4 rings (SSSR count). The molecule has 8 heteroatoms. The minimum atomic E-state index is -1.10. The first-order valence-corrected chi connectivity index (χ1v) is 10.7. The van der Waals surface area contributed by atoms with E-state index < -0.39 is 17.2 Å². The SMILES string of the molecule is CC1(C)COc2cccc(Oc3ccc(NC(=O)C4(N(C(=O)O)C(C)(C)C)CC4)cn3)c21. The molecule has 0 radical (unpaired) electrons. The number of carbonyl (C=O) groups is 2. The summed E-state index contributed by atoms with van der Waals surface area (Å²) < 4.78 is 11.8. The highest BCUT2D eigenvalue weighted by molar-refractivity contribution is 6.02. The molecule has 0 unspecified atom stereocenters. The molecule has 1 aromatic carbocycles. The Kier molecular flexibility index (Phi) is 5.07. The lowest BCUT2D eigenvalue weighted by Gasteiger charge is -2.39. The summed E-state index contributed by atoms with van der Waals surface area (Å²) in [7, 11) is 0. The molecule has 0 saturated heterocycles. The number of amides is 2. The van der Waals surface area contributed by atoms with Gasteiger partial charge in [-0.1, -0.05) is 19.9 Å². The van der Waals surface area contributed by atoms with Gasteiger partial charge in [-0.2, -0.15) is 0 Å². The van der Waals surface area contributed by atoms with Crippen molar-refractivity contribution in [3.8, 4) is 17.4 Å². The van der Waals surface area contributed by atoms with Gasteiger partial charge >= 0.3 is 6.09 Å². The predicted molar refractivity (Wildman–Crippen MR) is 119 cm³/mol. The molecular formula is C24H29N3O5. The number of aromatic nitrogens is 1. The fraction of sp³-hybridized carbons (Fsp3) is 0.458. The quantitative estimate of drug-likeness (QED) is 0.694. The number of hydrogen-bond donors (Lipinski definition) is 2. The number of anilines is 1. The van der Waals surface area contributed by atoms with Crippen molar-refractivity contribution >= 4 is 17.7 Å². The molecule has 1 saturated carbocycles. The Morgan fingerprint density at radius 2 is 1.91 bits per heavy atom. The Morgan fingerprint density at radius 1 is 1.19 bits per heavy atom. The van der Waals surface area contributed by atoms with Crippen LogP contribution < -0.4 is 14.8 Å². The molecule has 8 nitrogen and oxygen atoms in total. The molecule has 1 fully saturated rings. The van der Waals surface area contributed by atoms with E-state index in [4.69, 9.17) is 9.47 Å². The number of ether oxygens (including phenoxy) is 2. The number of carboxylic acid groups (broad SMARTS) is 1. The van der Waals surface area contributed by atoms with E-state index in [1.54, 1.807) is 32.9 Å². The highest BCUT2D eigenvalue weighted by atomic mass is 16.5. The Labute approximate surface area is 187 Å². The van der Waals surface area contributed by atoms with Crippen LogP contribution >= 0.6 is 0 Å². The molecule has 2 amide bonds. The van der Waals surface area contributed by atoms with Gasteiger partial charge in [0, 0.05) is 22.6 Å². The number of hydrogen-bond acceptors (Lipinski definition) is 5. The largest absolute Gasteiger partial charge is 0.492 e. The van der Waals surface area contributed by atoms with Gasteiger partial charge in [-0.3, -0.25) is 9.69 Å². The monoisotopic (exact) mass is 439 g/mol. The Morgan fingerprint density at radius 3 is 2.47 bits per heavy atom. The number of benzene rings is 1. The van der Waals surface area contributed by atoms with Crippen molar-refractivity contribution in [1.82, 2.24) is 9.88 Å². The van der Waals surface area contributed by atoms with Crippen molar-refractivity contribution in [3.63, 3.8) is 0 Å². The maximum Gasteiger partial charge on any atom is 0.408 e. The summed E-state index contributed by atoms with van der Waals surface area (Å²) in [5, 5.41) is 12.5. The van der Waals surface area contributed by atoms with Crippen LogP contribution in [0, 0.1) is 0 Å². The third-order valence-electron chi connectivity index (χ3n) is 5.90. The van der Waals surface area contributed by atoms with Crippen molar-refractivity contribution < 1.29 is 24.2 Å². The van der Waals surface area contributed by atoms with Crippen LogP contribution in [-0.2, 0) is 10.2 Å². The molecule has 2 aromatic rings. The molecule has 2 N–H and O–H groups in total. The Balaban J connectivity index is 1.49. The van der Waals surface area contributed by atoms with Crippen molar-refractivity contribution in [2.75, 3.05) is 11.9 Å². The minimum absolute atomic E-state index is 0.165. The molecule has 1 aromatic heterocycles. The van der Waals surface area contributed by atoms with Crippen LogP contribution in [0.2, 0.25) is 0 Å². The Hall–Kier alpha value is -3.29. The second-order valence-corrected chi connectivity index (χ2v) is 10.1. The number of nitrogens with one attached hydrogen (secondary N) is 1. The molecule has 1 aliphatic heterocycles. The maximum absolute atomic E-state index is 13.0. The van der Waals surface area contributed by atoms with Gasteiger partial charge < -0.3 is 19.9 Å². The lowest BCUT2D eigenvalue weighted by molar-refractivity contribution is -0.124. The average Bonchev–Trinajstić information content (AvgIpc) is 3.41. The smallest absolute Gasteiger partial charge is 0.408 e. The summed E-state index contributed by atoms with van der Waals surface area (Å²) >= 11 is 0. The number of fused-ring (bicyclic) bond motifs is 1. The molecule has 170 valence electrons. The fourth-order valence-corrected chi connectivity index (χ4v) is 4.37. The van der Waals surface area contributed by atoms with Crippen LogP contribution in [0.15, 0.2) is 36.5 Å². The first kappa shape index (κ1) is 21.9. The molecule has 2 heterocycles. The first-order valence-electron chi connectivity index (χ1n) is 10.7. The van der Waals surface area contributed by atoms with Crippen molar-refractivity contribution in [1.29, 1.82) is 0 Å². The van der Waals surface area contributed by atoms with E-state index in [1.807, 2.05) is 18.2 Å². The van der Waals surface area contributed by atoms with E-state index in [1.165, 1.54) is 11.1 Å². The standard InChI is InChI=1S/C24H29N3O5/c1-22(2,3)27(21(29)30)24(11-12-24)20(28)26-15-9-10-18(25-13-15)32-17-8-6-7-16-19(17)23(4,5)14-31-16/h6-10,13H,11-12,14H2,1-5H3,(H,26,28)(H,29,30).